The van der Waals surface area contributed by atoms with Crippen molar-refractivity contribution in [1.82, 2.24) is 0 Å². The molecule has 0 aliphatic heterocycles. The second kappa shape index (κ2) is 8.16. The van der Waals surface area contributed by atoms with Crippen molar-refractivity contribution in [2.45, 2.75) is 39.5 Å². The third-order valence-corrected chi connectivity index (χ3v) is 5.81. The molecule has 1 atom stereocenters. The summed E-state index contributed by atoms with van der Waals surface area (Å²) in [4.78, 5) is 11.5. The lowest BCUT2D eigenvalue weighted by Gasteiger charge is -2.18. The summed E-state index contributed by atoms with van der Waals surface area (Å²) < 4.78 is 18.2. The zero-order valence-electron chi connectivity index (χ0n) is 11.8. The van der Waals surface area contributed by atoms with Crippen LogP contribution in [0.5, 0.6) is 0 Å². The summed E-state index contributed by atoms with van der Waals surface area (Å²) in [6, 6.07) is 9.38. The van der Waals surface area contributed by atoms with Crippen LogP contribution in [0.1, 0.15) is 39.5 Å². The van der Waals surface area contributed by atoms with E-state index in [1.807, 2.05) is 37.3 Å². The zero-order chi connectivity index (χ0) is 14.1. The van der Waals surface area contributed by atoms with Crippen LogP contribution in [-0.2, 0) is 14.1 Å². The molecule has 3 nitrogen and oxygen atoms in total. The molecule has 1 aromatic rings. The second-order valence-corrected chi connectivity index (χ2v) is 7.70. The lowest BCUT2D eigenvalue weighted by Crippen LogP contribution is -2.15. The van der Waals surface area contributed by atoms with E-state index in [1.54, 1.807) is 0 Å². The smallest absolute Gasteiger partial charge is 0.306 e. The van der Waals surface area contributed by atoms with Gasteiger partial charge in [0.2, 0.25) is 0 Å². The highest BCUT2D eigenvalue weighted by molar-refractivity contribution is 7.71. The molecule has 0 aliphatic rings. The van der Waals surface area contributed by atoms with Crippen molar-refractivity contribution >= 4 is 18.4 Å². The van der Waals surface area contributed by atoms with Gasteiger partial charge in [0.15, 0.2) is 7.14 Å². The van der Waals surface area contributed by atoms with E-state index in [9.17, 15) is 9.36 Å². The number of benzene rings is 1. The lowest BCUT2D eigenvalue weighted by atomic mass is 10.3. The number of unbranched alkanes of at least 4 members (excludes halogenated alkanes) is 1. The molecule has 0 saturated carbocycles. The molecule has 1 rings (SSSR count). The maximum atomic E-state index is 13.0. The maximum Gasteiger partial charge on any atom is 0.306 e. The number of carbonyl (C=O) groups excluding carboxylic acids is 1. The molecule has 0 radical (unpaired) electrons. The molecular formula is C15H23O3P. The molecule has 0 aliphatic carbocycles. The molecule has 106 valence electrons. The Labute approximate surface area is 115 Å². The minimum absolute atomic E-state index is 0.0375. The van der Waals surface area contributed by atoms with Crippen molar-refractivity contribution in [3.05, 3.63) is 30.3 Å². The largest absolute Gasteiger partial charge is 0.457 e. The SMILES string of the molecule is CCCCP(=O)(COC(=O)CCC)c1ccccc1. The lowest BCUT2D eigenvalue weighted by molar-refractivity contribution is -0.141. The fourth-order valence-corrected chi connectivity index (χ4v) is 4.27. The van der Waals surface area contributed by atoms with Gasteiger partial charge < -0.3 is 9.30 Å². The monoisotopic (exact) mass is 282 g/mol. The minimum Gasteiger partial charge on any atom is -0.457 e. The fourth-order valence-electron chi connectivity index (χ4n) is 1.83. The molecule has 1 unspecified atom stereocenters. The van der Waals surface area contributed by atoms with Crippen LogP contribution in [0.4, 0.5) is 0 Å². The molecule has 0 aromatic heterocycles. The van der Waals surface area contributed by atoms with Crippen molar-refractivity contribution < 1.29 is 14.1 Å². The molecule has 0 heterocycles. The van der Waals surface area contributed by atoms with E-state index < -0.39 is 7.14 Å². The van der Waals surface area contributed by atoms with E-state index in [1.165, 1.54) is 0 Å². The molecular weight excluding hydrogens is 259 g/mol. The predicted octanol–water partition coefficient (Wildman–Crippen LogP) is 3.78. The highest BCUT2D eigenvalue weighted by atomic mass is 31.2. The van der Waals surface area contributed by atoms with Gasteiger partial charge in [-0.15, -0.1) is 0 Å². The summed E-state index contributed by atoms with van der Waals surface area (Å²) in [5.74, 6) is -0.254. The Kier molecular flexibility index (Phi) is 6.86. The van der Waals surface area contributed by atoms with E-state index in [-0.39, 0.29) is 12.3 Å². The fraction of sp³-hybridized carbons (Fsp3) is 0.533. The Morgan fingerprint density at radius 3 is 2.42 bits per heavy atom. The summed E-state index contributed by atoms with van der Waals surface area (Å²) in [6.45, 7) is 3.99. The van der Waals surface area contributed by atoms with Gasteiger partial charge in [-0.05, 0) is 12.8 Å². The van der Waals surface area contributed by atoms with Gasteiger partial charge in [0, 0.05) is 17.9 Å². The van der Waals surface area contributed by atoms with Crippen molar-refractivity contribution in [2.75, 3.05) is 12.5 Å². The highest BCUT2D eigenvalue weighted by Gasteiger charge is 2.25. The number of hydrogen-bond donors (Lipinski definition) is 0. The quantitative estimate of drug-likeness (QED) is 0.538. The van der Waals surface area contributed by atoms with E-state index in [2.05, 4.69) is 6.92 Å². The molecule has 0 fully saturated rings. The highest BCUT2D eigenvalue weighted by Crippen LogP contribution is 2.45. The Hall–Kier alpha value is -1.08. The predicted molar refractivity (Wildman–Crippen MR) is 79.3 cm³/mol. The molecule has 1 aromatic carbocycles. The van der Waals surface area contributed by atoms with Gasteiger partial charge in [-0.25, -0.2) is 0 Å². The number of hydrogen-bond acceptors (Lipinski definition) is 3. The zero-order valence-corrected chi connectivity index (χ0v) is 12.7. The minimum atomic E-state index is -2.61. The average Bonchev–Trinajstić information content (AvgIpc) is 2.44. The Bertz CT molecular complexity index is 428. The van der Waals surface area contributed by atoms with Crippen molar-refractivity contribution in [1.29, 1.82) is 0 Å². The molecule has 0 bridgehead atoms. The van der Waals surface area contributed by atoms with Gasteiger partial charge in [0.05, 0.1) is 0 Å². The van der Waals surface area contributed by atoms with Crippen LogP contribution in [0.15, 0.2) is 30.3 Å². The van der Waals surface area contributed by atoms with E-state index in [0.29, 0.717) is 12.6 Å². The van der Waals surface area contributed by atoms with Gasteiger partial charge >= 0.3 is 5.97 Å². The van der Waals surface area contributed by atoms with Gasteiger partial charge in [0.25, 0.3) is 0 Å². The summed E-state index contributed by atoms with van der Waals surface area (Å²) in [5.41, 5.74) is 0. The number of ether oxygens (including phenoxy) is 1. The van der Waals surface area contributed by atoms with E-state index in [0.717, 1.165) is 24.6 Å². The Morgan fingerprint density at radius 2 is 1.84 bits per heavy atom. The summed E-state index contributed by atoms with van der Waals surface area (Å²) in [6.07, 6.45) is 3.66. The van der Waals surface area contributed by atoms with Crippen LogP contribution in [-0.4, -0.2) is 18.5 Å². The first-order chi connectivity index (χ1) is 9.12. The first kappa shape index (κ1) is 16.0. The van der Waals surface area contributed by atoms with Crippen LogP contribution in [0, 0.1) is 0 Å². The maximum absolute atomic E-state index is 13.0. The van der Waals surface area contributed by atoms with E-state index in [4.69, 9.17) is 4.74 Å². The third-order valence-electron chi connectivity index (χ3n) is 2.99. The van der Waals surface area contributed by atoms with Crippen molar-refractivity contribution in [3.63, 3.8) is 0 Å². The molecule has 0 N–H and O–H groups in total. The van der Waals surface area contributed by atoms with Crippen molar-refractivity contribution in [3.8, 4) is 0 Å². The molecule has 0 amide bonds. The average molecular weight is 282 g/mol. The molecule has 19 heavy (non-hydrogen) atoms. The first-order valence-electron chi connectivity index (χ1n) is 6.91. The molecule has 4 heteroatoms. The van der Waals surface area contributed by atoms with E-state index >= 15 is 0 Å². The van der Waals surface area contributed by atoms with Gasteiger partial charge in [-0.3, -0.25) is 4.79 Å². The molecule has 0 saturated heterocycles. The van der Waals surface area contributed by atoms with Gasteiger partial charge in [-0.2, -0.15) is 0 Å². The topological polar surface area (TPSA) is 43.4 Å². The van der Waals surface area contributed by atoms with Crippen LogP contribution in [0.3, 0.4) is 0 Å². The summed E-state index contributed by atoms with van der Waals surface area (Å²) in [5, 5.41) is 0.813. The summed E-state index contributed by atoms with van der Waals surface area (Å²) in [7, 11) is -2.61. The number of carbonyl (C=O) groups is 1. The first-order valence-corrected chi connectivity index (χ1v) is 8.99. The van der Waals surface area contributed by atoms with Crippen LogP contribution in [0.2, 0.25) is 0 Å². The standard InChI is InChI=1S/C15H23O3P/c1-3-5-12-19(17,13-18-15(16)9-4-2)14-10-7-6-8-11-14/h6-8,10-11H,3-5,9,12-13H2,1-2H3. The Morgan fingerprint density at radius 1 is 1.16 bits per heavy atom. The normalized spacial score (nSPS) is 13.8. The van der Waals surface area contributed by atoms with Gasteiger partial charge in [0.1, 0.15) is 6.35 Å². The number of rotatable bonds is 8. The van der Waals surface area contributed by atoms with Crippen LogP contribution >= 0.6 is 7.14 Å². The number of esters is 1. The van der Waals surface area contributed by atoms with Crippen molar-refractivity contribution in [2.24, 2.45) is 0 Å². The molecule has 0 spiro atoms. The third kappa shape index (κ3) is 5.20. The van der Waals surface area contributed by atoms with Crippen LogP contribution < -0.4 is 5.30 Å². The Balaban J connectivity index is 2.76. The second-order valence-electron chi connectivity index (χ2n) is 4.70. The summed E-state index contributed by atoms with van der Waals surface area (Å²) >= 11 is 0. The van der Waals surface area contributed by atoms with Crippen LogP contribution in [0.25, 0.3) is 0 Å². The van der Waals surface area contributed by atoms with Gasteiger partial charge in [-0.1, -0.05) is 50.6 Å².